The Balaban J connectivity index is 0.00000392. The standard InChI is InChI=1S/C20H30N6O.HI/c1-4-21-20(22-11-5-13-26-14-6-12-24-26)23-15-17-7-9-18(10-8-17)25-19(27)16(2)3;/h6-10,12,14,16H,4-5,11,13,15H2,1-3H3,(H,25,27)(H2,21,22,23);1H. The first-order valence-electron chi connectivity index (χ1n) is 9.48. The number of carbonyl (C=O) groups is 1. The minimum Gasteiger partial charge on any atom is -0.357 e. The molecule has 0 spiro atoms. The average Bonchev–Trinajstić information content (AvgIpc) is 3.17. The van der Waals surface area contributed by atoms with Gasteiger partial charge in [-0.1, -0.05) is 26.0 Å². The van der Waals surface area contributed by atoms with E-state index < -0.39 is 0 Å². The number of aliphatic imine (C=N–C) groups is 1. The van der Waals surface area contributed by atoms with Crippen LogP contribution < -0.4 is 16.0 Å². The summed E-state index contributed by atoms with van der Waals surface area (Å²) in [5, 5.41) is 13.7. The zero-order chi connectivity index (χ0) is 19.5. The number of amides is 1. The molecular formula is C20H31IN6O. The van der Waals surface area contributed by atoms with Crippen molar-refractivity contribution in [2.45, 2.75) is 40.3 Å². The Morgan fingerprint density at radius 3 is 2.57 bits per heavy atom. The normalized spacial score (nSPS) is 11.1. The molecule has 0 unspecified atom stereocenters. The average molecular weight is 498 g/mol. The molecule has 0 aliphatic rings. The van der Waals surface area contributed by atoms with Gasteiger partial charge in [0.1, 0.15) is 0 Å². The van der Waals surface area contributed by atoms with Crippen molar-refractivity contribution in [1.82, 2.24) is 20.4 Å². The van der Waals surface area contributed by atoms with Gasteiger partial charge in [0, 0.05) is 43.6 Å². The Morgan fingerprint density at radius 2 is 1.96 bits per heavy atom. The summed E-state index contributed by atoms with van der Waals surface area (Å²) < 4.78 is 1.92. The smallest absolute Gasteiger partial charge is 0.226 e. The van der Waals surface area contributed by atoms with Crippen molar-refractivity contribution in [1.29, 1.82) is 0 Å². The molecule has 2 rings (SSSR count). The minimum atomic E-state index is -0.0312. The summed E-state index contributed by atoms with van der Waals surface area (Å²) in [6, 6.07) is 9.73. The summed E-state index contributed by atoms with van der Waals surface area (Å²) in [6.45, 7) is 8.89. The third kappa shape index (κ3) is 8.73. The summed E-state index contributed by atoms with van der Waals surface area (Å²) in [5.41, 5.74) is 1.90. The molecule has 0 fully saturated rings. The molecule has 1 amide bonds. The van der Waals surface area contributed by atoms with Crippen molar-refractivity contribution in [2.24, 2.45) is 10.9 Å². The Morgan fingerprint density at radius 1 is 1.21 bits per heavy atom. The third-order valence-corrected chi connectivity index (χ3v) is 3.93. The van der Waals surface area contributed by atoms with Crippen molar-refractivity contribution in [2.75, 3.05) is 18.4 Å². The maximum Gasteiger partial charge on any atom is 0.226 e. The van der Waals surface area contributed by atoms with Crippen LogP contribution in [0.25, 0.3) is 0 Å². The fraction of sp³-hybridized carbons (Fsp3) is 0.450. The van der Waals surface area contributed by atoms with Crippen molar-refractivity contribution in [3.8, 4) is 0 Å². The first-order valence-corrected chi connectivity index (χ1v) is 9.48. The highest BCUT2D eigenvalue weighted by atomic mass is 127. The van der Waals surface area contributed by atoms with Gasteiger partial charge >= 0.3 is 0 Å². The number of nitrogens with zero attached hydrogens (tertiary/aromatic N) is 3. The molecule has 28 heavy (non-hydrogen) atoms. The van der Waals surface area contributed by atoms with E-state index in [1.165, 1.54) is 0 Å². The Hall–Kier alpha value is -2.10. The number of aryl methyl sites for hydroxylation is 1. The van der Waals surface area contributed by atoms with Crippen LogP contribution in [0, 0.1) is 5.92 Å². The fourth-order valence-corrected chi connectivity index (χ4v) is 2.37. The van der Waals surface area contributed by atoms with Gasteiger partial charge in [-0.2, -0.15) is 5.10 Å². The molecule has 1 heterocycles. The van der Waals surface area contributed by atoms with Crippen LogP contribution in [-0.4, -0.2) is 34.7 Å². The van der Waals surface area contributed by atoms with Gasteiger partial charge in [0.25, 0.3) is 0 Å². The van der Waals surface area contributed by atoms with Crippen LogP contribution in [0.5, 0.6) is 0 Å². The van der Waals surface area contributed by atoms with E-state index in [-0.39, 0.29) is 35.8 Å². The van der Waals surface area contributed by atoms with Crippen LogP contribution in [0.4, 0.5) is 5.69 Å². The zero-order valence-corrected chi connectivity index (χ0v) is 19.1. The number of halogens is 1. The van der Waals surface area contributed by atoms with Gasteiger partial charge in [-0.25, -0.2) is 4.99 Å². The Bertz CT molecular complexity index is 713. The van der Waals surface area contributed by atoms with Crippen molar-refractivity contribution < 1.29 is 4.79 Å². The SMILES string of the molecule is CCNC(=NCc1ccc(NC(=O)C(C)C)cc1)NCCCn1cccn1.I. The van der Waals surface area contributed by atoms with Crippen LogP contribution in [0.3, 0.4) is 0 Å². The van der Waals surface area contributed by atoms with Crippen LogP contribution in [-0.2, 0) is 17.9 Å². The number of nitrogens with one attached hydrogen (secondary N) is 3. The van der Waals surface area contributed by atoms with Crippen molar-refractivity contribution in [3.63, 3.8) is 0 Å². The predicted molar refractivity (Wildman–Crippen MR) is 125 cm³/mol. The first kappa shape index (κ1) is 23.9. The lowest BCUT2D eigenvalue weighted by Crippen LogP contribution is -2.38. The Kier molecular flexibility index (Phi) is 11.2. The molecule has 8 heteroatoms. The molecule has 7 nitrogen and oxygen atoms in total. The molecule has 0 radical (unpaired) electrons. The van der Waals surface area contributed by atoms with Gasteiger partial charge in [-0.3, -0.25) is 9.48 Å². The second-order valence-corrected chi connectivity index (χ2v) is 6.59. The van der Waals surface area contributed by atoms with Crippen molar-refractivity contribution in [3.05, 3.63) is 48.3 Å². The summed E-state index contributed by atoms with van der Waals surface area (Å²) in [7, 11) is 0. The molecule has 0 saturated carbocycles. The summed E-state index contributed by atoms with van der Waals surface area (Å²) >= 11 is 0. The predicted octanol–water partition coefficient (Wildman–Crippen LogP) is 3.24. The number of anilines is 1. The van der Waals surface area contributed by atoms with Gasteiger partial charge in [0.05, 0.1) is 6.54 Å². The zero-order valence-electron chi connectivity index (χ0n) is 16.8. The van der Waals surface area contributed by atoms with Gasteiger partial charge < -0.3 is 16.0 Å². The lowest BCUT2D eigenvalue weighted by atomic mass is 10.2. The summed E-state index contributed by atoms with van der Waals surface area (Å²) in [4.78, 5) is 16.4. The number of hydrogen-bond acceptors (Lipinski definition) is 3. The van der Waals surface area contributed by atoms with Gasteiger partial charge in [0.15, 0.2) is 5.96 Å². The topological polar surface area (TPSA) is 83.3 Å². The fourth-order valence-electron chi connectivity index (χ4n) is 2.37. The molecular weight excluding hydrogens is 467 g/mol. The molecule has 3 N–H and O–H groups in total. The molecule has 2 aromatic rings. The Labute approximate surface area is 184 Å². The summed E-state index contributed by atoms with van der Waals surface area (Å²) in [6.07, 6.45) is 4.72. The van der Waals surface area contributed by atoms with Crippen LogP contribution >= 0.6 is 24.0 Å². The van der Waals surface area contributed by atoms with E-state index >= 15 is 0 Å². The van der Waals surface area contributed by atoms with E-state index in [0.717, 1.165) is 43.3 Å². The highest BCUT2D eigenvalue weighted by Crippen LogP contribution is 2.11. The van der Waals surface area contributed by atoms with E-state index in [4.69, 9.17) is 0 Å². The van der Waals surface area contributed by atoms with Gasteiger partial charge in [-0.15, -0.1) is 24.0 Å². The lowest BCUT2D eigenvalue weighted by molar-refractivity contribution is -0.118. The second kappa shape index (κ2) is 13.1. The number of hydrogen-bond donors (Lipinski definition) is 3. The molecule has 0 atom stereocenters. The van der Waals surface area contributed by atoms with E-state index in [1.807, 2.05) is 62.0 Å². The van der Waals surface area contributed by atoms with Crippen LogP contribution in [0.2, 0.25) is 0 Å². The van der Waals surface area contributed by atoms with Crippen LogP contribution in [0.15, 0.2) is 47.7 Å². The van der Waals surface area contributed by atoms with Gasteiger partial charge in [-0.05, 0) is 37.1 Å². The minimum absolute atomic E-state index is 0. The van der Waals surface area contributed by atoms with E-state index in [2.05, 4.69) is 26.0 Å². The first-order chi connectivity index (χ1) is 13.1. The molecule has 0 saturated heterocycles. The monoisotopic (exact) mass is 498 g/mol. The number of aromatic nitrogens is 2. The molecule has 0 aliphatic carbocycles. The molecule has 154 valence electrons. The quantitative estimate of drug-likeness (QED) is 0.215. The van der Waals surface area contributed by atoms with Crippen LogP contribution in [0.1, 0.15) is 32.8 Å². The largest absolute Gasteiger partial charge is 0.357 e. The van der Waals surface area contributed by atoms with E-state index in [9.17, 15) is 4.79 Å². The molecule has 1 aromatic carbocycles. The highest BCUT2D eigenvalue weighted by Gasteiger charge is 2.06. The van der Waals surface area contributed by atoms with E-state index in [0.29, 0.717) is 6.54 Å². The number of carbonyl (C=O) groups excluding carboxylic acids is 1. The lowest BCUT2D eigenvalue weighted by Gasteiger charge is -2.11. The highest BCUT2D eigenvalue weighted by molar-refractivity contribution is 14.0. The number of guanidine groups is 1. The third-order valence-electron chi connectivity index (χ3n) is 3.93. The summed E-state index contributed by atoms with van der Waals surface area (Å²) in [5.74, 6) is 0.793. The number of benzene rings is 1. The van der Waals surface area contributed by atoms with Crippen molar-refractivity contribution >= 4 is 41.5 Å². The maximum absolute atomic E-state index is 11.7. The molecule has 0 bridgehead atoms. The van der Waals surface area contributed by atoms with E-state index in [1.54, 1.807) is 6.20 Å². The second-order valence-electron chi connectivity index (χ2n) is 6.59. The van der Waals surface area contributed by atoms with Gasteiger partial charge in [0.2, 0.25) is 5.91 Å². The molecule has 0 aliphatic heterocycles. The number of rotatable bonds is 9. The molecule has 1 aromatic heterocycles. The maximum atomic E-state index is 11.7.